The number of aliphatic hydroxyl groups is 1. The summed E-state index contributed by atoms with van der Waals surface area (Å²) in [6.07, 6.45) is 4.37. The summed E-state index contributed by atoms with van der Waals surface area (Å²) in [6.45, 7) is 3.61. The van der Waals surface area contributed by atoms with Gasteiger partial charge in [-0.05, 0) is 50.5 Å². The van der Waals surface area contributed by atoms with E-state index in [9.17, 15) is 5.11 Å². The molecule has 0 radical (unpaired) electrons. The Labute approximate surface area is 180 Å². The average Bonchev–Trinajstić information content (AvgIpc) is 3.12. The molecular formula is C23H26N6O2. The van der Waals surface area contributed by atoms with E-state index in [0.29, 0.717) is 18.3 Å². The second-order valence-corrected chi connectivity index (χ2v) is 9.00. The first-order chi connectivity index (χ1) is 14.8. The van der Waals surface area contributed by atoms with Crippen LogP contribution in [-0.4, -0.2) is 42.4 Å². The minimum absolute atomic E-state index is 0.274. The van der Waals surface area contributed by atoms with Crippen LogP contribution in [0.3, 0.4) is 0 Å². The molecule has 0 aliphatic heterocycles. The molecule has 3 heterocycles. The minimum atomic E-state index is -0.731. The van der Waals surface area contributed by atoms with Crippen LogP contribution in [0.5, 0.6) is 5.75 Å². The first-order valence-corrected chi connectivity index (χ1v) is 10.5. The molecule has 0 unspecified atom stereocenters. The van der Waals surface area contributed by atoms with Gasteiger partial charge in [0.1, 0.15) is 5.75 Å². The second-order valence-electron chi connectivity index (χ2n) is 9.00. The molecule has 31 heavy (non-hydrogen) atoms. The number of rotatable bonds is 5. The van der Waals surface area contributed by atoms with E-state index in [1.165, 1.54) is 0 Å². The first kappa shape index (κ1) is 19.7. The Balaban J connectivity index is 1.36. The summed E-state index contributed by atoms with van der Waals surface area (Å²) in [4.78, 5) is 13.9. The number of nitrogens with two attached hydrogens (primary N) is 1. The Morgan fingerprint density at radius 2 is 1.97 bits per heavy atom. The van der Waals surface area contributed by atoms with E-state index in [4.69, 9.17) is 15.5 Å². The highest BCUT2D eigenvalue weighted by atomic mass is 16.5. The Bertz CT molecular complexity index is 1250. The molecule has 4 aromatic rings. The molecule has 0 spiro atoms. The Kier molecular flexibility index (Phi) is 4.55. The number of fused-ring (bicyclic) bond motifs is 3. The smallest absolute Gasteiger partial charge is 0.223 e. The van der Waals surface area contributed by atoms with Gasteiger partial charge in [-0.25, -0.2) is 9.97 Å². The van der Waals surface area contributed by atoms with Gasteiger partial charge in [-0.1, -0.05) is 6.07 Å². The fourth-order valence-corrected chi connectivity index (χ4v) is 4.28. The van der Waals surface area contributed by atoms with Crippen molar-refractivity contribution in [1.82, 2.24) is 24.6 Å². The maximum atomic E-state index is 9.98. The van der Waals surface area contributed by atoms with Crippen LogP contribution in [0.1, 0.15) is 55.6 Å². The molecule has 0 bridgehead atoms. The van der Waals surface area contributed by atoms with Crippen LogP contribution in [0.4, 0.5) is 5.95 Å². The molecule has 0 amide bonds. The van der Waals surface area contributed by atoms with Gasteiger partial charge in [-0.3, -0.25) is 4.98 Å². The highest BCUT2D eigenvalue weighted by Crippen LogP contribution is 2.46. The van der Waals surface area contributed by atoms with Gasteiger partial charge < -0.3 is 15.6 Å². The molecule has 1 fully saturated rings. The Hall–Kier alpha value is -3.26. The van der Waals surface area contributed by atoms with E-state index < -0.39 is 5.60 Å². The molecule has 8 heteroatoms. The molecule has 1 aliphatic rings. The van der Waals surface area contributed by atoms with E-state index in [-0.39, 0.29) is 5.92 Å². The minimum Gasteiger partial charge on any atom is -0.497 e. The van der Waals surface area contributed by atoms with Crippen molar-refractivity contribution in [2.75, 3.05) is 12.8 Å². The summed E-state index contributed by atoms with van der Waals surface area (Å²) in [6, 6.07) is 9.82. The lowest BCUT2D eigenvalue weighted by molar-refractivity contribution is 0.0809. The molecule has 3 aromatic heterocycles. The molecule has 5 rings (SSSR count). The van der Waals surface area contributed by atoms with Crippen molar-refractivity contribution in [1.29, 1.82) is 0 Å². The quantitative estimate of drug-likeness (QED) is 0.512. The fraction of sp³-hybridized carbons (Fsp3) is 0.391. The van der Waals surface area contributed by atoms with Gasteiger partial charge in [-0.2, -0.15) is 4.52 Å². The second kappa shape index (κ2) is 7.16. The predicted molar refractivity (Wildman–Crippen MR) is 118 cm³/mol. The maximum Gasteiger partial charge on any atom is 0.223 e. The number of ether oxygens (including phenoxy) is 1. The molecule has 8 nitrogen and oxygen atoms in total. The number of hydrogen-bond donors (Lipinski definition) is 2. The van der Waals surface area contributed by atoms with Crippen molar-refractivity contribution in [3.63, 3.8) is 0 Å². The van der Waals surface area contributed by atoms with Gasteiger partial charge in [-0.15, -0.1) is 5.10 Å². The number of nitrogens with zero attached hydrogens (tertiary/aromatic N) is 5. The number of pyridine rings is 1. The molecule has 1 aliphatic carbocycles. The van der Waals surface area contributed by atoms with Gasteiger partial charge in [0, 0.05) is 41.6 Å². The molecule has 0 saturated heterocycles. The molecule has 160 valence electrons. The van der Waals surface area contributed by atoms with Gasteiger partial charge >= 0.3 is 0 Å². The van der Waals surface area contributed by atoms with Crippen LogP contribution in [0, 0.1) is 0 Å². The van der Waals surface area contributed by atoms with Crippen molar-refractivity contribution in [2.24, 2.45) is 0 Å². The molecule has 3 N–H and O–H groups in total. The van der Waals surface area contributed by atoms with E-state index >= 15 is 0 Å². The number of aromatic nitrogens is 5. The lowest BCUT2D eigenvalue weighted by Crippen LogP contribution is -2.23. The van der Waals surface area contributed by atoms with Gasteiger partial charge in [0.05, 0.1) is 18.2 Å². The predicted octanol–water partition coefficient (Wildman–Crippen LogP) is 3.24. The molecule has 0 atom stereocenters. The van der Waals surface area contributed by atoms with Gasteiger partial charge in [0.15, 0.2) is 11.5 Å². The lowest BCUT2D eigenvalue weighted by Gasteiger charge is -2.33. The summed E-state index contributed by atoms with van der Waals surface area (Å²) < 4.78 is 6.91. The summed E-state index contributed by atoms with van der Waals surface area (Å²) >= 11 is 0. The van der Waals surface area contributed by atoms with Crippen molar-refractivity contribution in [3.05, 3.63) is 53.6 Å². The number of hydrogen-bond acceptors (Lipinski definition) is 7. The van der Waals surface area contributed by atoms with Crippen LogP contribution in [-0.2, 0) is 6.42 Å². The fourth-order valence-electron chi connectivity index (χ4n) is 4.28. The third-order valence-electron chi connectivity index (χ3n) is 5.93. The zero-order valence-electron chi connectivity index (χ0n) is 17.9. The summed E-state index contributed by atoms with van der Waals surface area (Å²) in [7, 11) is 1.63. The largest absolute Gasteiger partial charge is 0.497 e. The zero-order valence-corrected chi connectivity index (χ0v) is 17.9. The number of benzene rings is 1. The van der Waals surface area contributed by atoms with Crippen LogP contribution in [0.2, 0.25) is 0 Å². The van der Waals surface area contributed by atoms with Crippen molar-refractivity contribution < 1.29 is 9.84 Å². The van der Waals surface area contributed by atoms with Crippen molar-refractivity contribution >= 4 is 22.5 Å². The number of anilines is 1. The van der Waals surface area contributed by atoms with E-state index in [1.807, 2.05) is 24.4 Å². The first-order valence-electron chi connectivity index (χ1n) is 10.5. The highest BCUT2D eigenvalue weighted by Gasteiger charge is 2.35. The van der Waals surface area contributed by atoms with Crippen LogP contribution in [0.25, 0.3) is 16.6 Å². The normalized spacial score (nSPS) is 19.0. The van der Waals surface area contributed by atoms with E-state index in [2.05, 4.69) is 27.2 Å². The maximum absolute atomic E-state index is 9.98. The summed E-state index contributed by atoms with van der Waals surface area (Å²) in [5, 5.41) is 15.5. The standard InChI is InChI=1S/C23H26N6O2/c1-23(2,30)11-13-4-7-18(25-12-13)14-8-15(9-14)20-27-21-17-6-5-16(31-3)10-19(17)26-22(24)29(21)28-20/h4-7,10,12,14-15,30H,8-9,11H2,1-3H3,(H2,24,26). The van der Waals surface area contributed by atoms with Crippen LogP contribution < -0.4 is 10.5 Å². The zero-order chi connectivity index (χ0) is 21.8. The summed E-state index contributed by atoms with van der Waals surface area (Å²) in [5.74, 6) is 2.51. The van der Waals surface area contributed by atoms with Gasteiger partial charge in [0.25, 0.3) is 0 Å². The average molecular weight is 419 g/mol. The van der Waals surface area contributed by atoms with Crippen molar-refractivity contribution in [3.8, 4) is 5.75 Å². The third kappa shape index (κ3) is 3.67. The lowest BCUT2D eigenvalue weighted by atomic mass is 9.72. The molecule has 1 aromatic carbocycles. The Morgan fingerprint density at radius 3 is 2.65 bits per heavy atom. The van der Waals surface area contributed by atoms with E-state index in [0.717, 1.165) is 52.2 Å². The molecular weight excluding hydrogens is 392 g/mol. The third-order valence-corrected chi connectivity index (χ3v) is 5.93. The summed E-state index contributed by atoms with van der Waals surface area (Å²) in [5.41, 5.74) is 9.00. The highest BCUT2D eigenvalue weighted by molar-refractivity contribution is 5.93. The topological polar surface area (TPSA) is 111 Å². The van der Waals surface area contributed by atoms with Crippen molar-refractivity contribution in [2.45, 2.75) is 50.5 Å². The van der Waals surface area contributed by atoms with Crippen LogP contribution in [0.15, 0.2) is 36.5 Å². The van der Waals surface area contributed by atoms with Crippen LogP contribution >= 0.6 is 0 Å². The SMILES string of the molecule is COc1ccc2c(c1)nc(N)n1nc(C3CC(c4ccc(CC(C)(C)O)cn4)C3)nc21. The Morgan fingerprint density at radius 1 is 1.16 bits per heavy atom. The molecule has 1 saturated carbocycles. The number of methoxy groups -OCH3 is 1. The van der Waals surface area contributed by atoms with Gasteiger partial charge in [0.2, 0.25) is 5.95 Å². The monoisotopic (exact) mass is 418 g/mol. The van der Waals surface area contributed by atoms with E-state index in [1.54, 1.807) is 25.5 Å². The number of nitrogen functional groups attached to an aromatic ring is 1.